The molecule has 1 aromatic carbocycles. The summed E-state index contributed by atoms with van der Waals surface area (Å²) >= 11 is 0. The zero-order chi connectivity index (χ0) is 14.1. The van der Waals surface area contributed by atoms with Crippen LogP contribution in [0.5, 0.6) is 0 Å². The number of nitrogens with one attached hydrogen (secondary N) is 2. The number of fused-ring (bicyclic) bond motifs is 1. The zero-order valence-corrected chi connectivity index (χ0v) is 11.5. The van der Waals surface area contributed by atoms with E-state index in [0.29, 0.717) is 5.69 Å². The number of hydrogen-bond acceptors (Lipinski definition) is 3. The summed E-state index contributed by atoms with van der Waals surface area (Å²) in [5.74, 6) is -0.215. The van der Waals surface area contributed by atoms with E-state index in [9.17, 15) is 9.90 Å². The van der Waals surface area contributed by atoms with Gasteiger partial charge in [-0.2, -0.15) is 5.10 Å². The average molecular weight is 273 g/mol. The van der Waals surface area contributed by atoms with E-state index in [1.807, 2.05) is 25.1 Å². The fraction of sp³-hybridized carbons (Fsp3) is 0.467. The van der Waals surface area contributed by atoms with Gasteiger partial charge in [0.15, 0.2) is 5.69 Å². The standard InChI is InChI=1S/C15H19N3O2/c1-9-6-7-11-10(8-9)14(18-17-11)15(20)16-12-4-2-3-5-13(12)19/h6-8,12-13,19H,2-5H2,1H3,(H,16,20)(H,17,18). The van der Waals surface area contributed by atoms with Gasteiger partial charge in [-0.15, -0.1) is 0 Å². The second-order valence-corrected chi connectivity index (χ2v) is 5.55. The monoisotopic (exact) mass is 273 g/mol. The molecule has 1 aliphatic rings. The summed E-state index contributed by atoms with van der Waals surface area (Å²) in [6.07, 6.45) is 3.21. The Labute approximate surface area is 117 Å². The first kappa shape index (κ1) is 13.1. The lowest BCUT2D eigenvalue weighted by atomic mass is 9.92. The number of aliphatic hydroxyl groups is 1. The summed E-state index contributed by atoms with van der Waals surface area (Å²) < 4.78 is 0. The minimum atomic E-state index is -0.445. The Morgan fingerprint density at radius 3 is 3.00 bits per heavy atom. The highest BCUT2D eigenvalue weighted by atomic mass is 16.3. The minimum absolute atomic E-state index is 0.159. The fourth-order valence-electron chi connectivity index (χ4n) is 2.82. The van der Waals surface area contributed by atoms with Crippen LogP contribution in [-0.2, 0) is 0 Å². The van der Waals surface area contributed by atoms with Crippen molar-refractivity contribution in [1.29, 1.82) is 0 Å². The lowest BCUT2D eigenvalue weighted by Gasteiger charge is -2.28. The molecule has 20 heavy (non-hydrogen) atoms. The number of carbonyl (C=O) groups is 1. The van der Waals surface area contributed by atoms with Crippen molar-refractivity contribution in [2.75, 3.05) is 0 Å². The Balaban J connectivity index is 1.83. The molecule has 2 unspecified atom stereocenters. The van der Waals surface area contributed by atoms with Crippen LogP contribution in [0, 0.1) is 6.92 Å². The van der Waals surface area contributed by atoms with Crippen LogP contribution in [-0.4, -0.2) is 33.4 Å². The van der Waals surface area contributed by atoms with Gasteiger partial charge in [0.05, 0.1) is 17.7 Å². The number of rotatable bonds is 2. The highest BCUT2D eigenvalue weighted by molar-refractivity contribution is 6.04. The van der Waals surface area contributed by atoms with Crippen molar-refractivity contribution in [2.45, 2.75) is 44.8 Å². The van der Waals surface area contributed by atoms with Crippen LogP contribution in [0.3, 0.4) is 0 Å². The van der Waals surface area contributed by atoms with Crippen molar-refractivity contribution in [1.82, 2.24) is 15.5 Å². The normalized spacial score (nSPS) is 22.9. The Morgan fingerprint density at radius 1 is 1.40 bits per heavy atom. The summed E-state index contributed by atoms with van der Waals surface area (Å²) in [5, 5.41) is 20.6. The zero-order valence-electron chi connectivity index (χ0n) is 11.5. The van der Waals surface area contributed by atoms with E-state index in [1.165, 1.54) is 0 Å². The molecule has 3 rings (SSSR count). The van der Waals surface area contributed by atoms with Crippen LogP contribution in [0.15, 0.2) is 18.2 Å². The molecular weight excluding hydrogens is 254 g/mol. The second-order valence-electron chi connectivity index (χ2n) is 5.55. The average Bonchev–Trinajstić information content (AvgIpc) is 2.84. The first-order valence-corrected chi connectivity index (χ1v) is 7.09. The molecule has 2 atom stereocenters. The van der Waals surface area contributed by atoms with E-state index in [4.69, 9.17) is 0 Å². The number of hydrogen-bond donors (Lipinski definition) is 3. The molecule has 0 bridgehead atoms. The lowest BCUT2D eigenvalue weighted by molar-refractivity contribution is 0.0715. The van der Waals surface area contributed by atoms with E-state index in [-0.39, 0.29) is 11.9 Å². The van der Waals surface area contributed by atoms with Crippen LogP contribution in [0.2, 0.25) is 0 Å². The van der Waals surface area contributed by atoms with Crippen molar-refractivity contribution in [3.05, 3.63) is 29.5 Å². The highest BCUT2D eigenvalue weighted by Gasteiger charge is 2.26. The lowest BCUT2D eigenvalue weighted by Crippen LogP contribution is -2.45. The first-order valence-electron chi connectivity index (χ1n) is 7.09. The maximum absolute atomic E-state index is 12.3. The van der Waals surface area contributed by atoms with E-state index in [2.05, 4.69) is 15.5 Å². The van der Waals surface area contributed by atoms with E-state index in [1.54, 1.807) is 0 Å². The number of benzene rings is 1. The summed E-state index contributed by atoms with van der Waals surface area (Å²) in [4.78, 5) is 12.3. The topological polar surface area (TPSA) is 78.0 Å². The fourth-order valence-corrected chi connectivity index (χ4v) is 2.82. The number of aryl methyl sites for hydroxylation is 1. The molecule has 106 valence electrons. The third-order valence-electron chi connectivity index (χ3n) is 3.98. The van der Waals surface area contributed by atoms with Crippen molar-refractivity contribution in [2.24, 2.45) is 0 Å². The van der Waals surface area contributed by atoms with Crippen molar-refractivity contribution >= 4 is 16.8 Å². The Bertz CT molecular complexity index is 635. The van der Waals surface area contributed by atoms with Gasteiger partial charge >= 0.3 is 0 Å². The number of H-pyrrole nitrogens is 1. The summed E-state index contributed by atoms with van der Waals surface area (Å²) in [7, 11) is 0. The van der Waals surface area contributed by atoms with E-state index >= 15 is 0 Å². The van der Waals surface area contributed by atoms with Crippen molar-refractivity contribution in [3.8, 4) is 0 Å². The van der Waals surface area contributed by atoms with Gasteiger partial charge < -0.3 is 10.4 Å². The van der Waals surface area contributed by atoms with Crippen LogP contribution in [0.1, 0.15) is 41.7 Å². The van der Waals surface area contributed by atoms with Gasteiger partial charge in [0.25, 0.3) is 5.91 Å². The number of carbonyl (C=O) groups excluding carboxylic acids is 1. The Kier molecular flexibility index (Phi) is 3.44. The van der Waals surface area contributed by atoms with E-state index < -0.39 is 6.10 Å². The molecule has 0 saturated heterocycles. The van der Waals surface area contributed by atoms with Crippen LogP contribution in [0.25, 0.3) is 10.9 Å². The number of aliphatic hydroxyl groups excluding tert-OH is 1. The van der Waals surface area contributed by atoms with Gasteiger partial charge in [-0.05, 0) is 31.9 Å². The molecular formula is C15H19N3O2. The molecule has 1 aliphatic carbocycles. The largest absolute Gasteiger partial charge is 0.391 e. The van der Waals surface area contributed by atoms with Gasteiger partial charge in [0, 0.05) is 5.39 Å². The molecule has 1 aromatic heterocycles. The quantitative estimate of drug-likeness (QED) is 0.782. The summed E-state index contributed by atoms with van der Waals surface area (Å²) in [5.41, 5.74) is 2.34. The number of amides is 1. The van der Waals surface area contributed by atoms with Gasteiger partial charge in [-0.1, -0.05) is 24.5 Å². The first-order chi connectivity index (χ1) is 9.65. The predicted octanol–water partition coefficient (Wildman–Crippen LogP) is 1.90. The molecule has 1 fully saturated rings. The second kappa shape index (κ2) is 5.25. The summed E-state index contributed by atoms with van der Waals surface area (Å²) in [6, 6.07) is 5.69. The van der Waals surface area contributed by atoms with Crippen molar-refractivity contribution < 1.29 is 9.90 Å². The van der Waals surface area contributed by atoms with Crippen molar-refractivity contribution in [3.63, 3.8) is 0 Å². The third kappa shape index (κ3) is 2.41. The van der Waals surface area contributed by atoms with E-state index in [0.717, 1.165) is 42.1 Å². The number of aromatic nitrogens is 2. The third-order valence-corrected chi connectivity index (χ3v) is 3.98. The Morgan fingerprint density at radius 2 is 2.20 bits per heavy atom. The maximum atomic E-state index is 12.3. The summed E-state index contributed by atoms with van der Waals surface area (Å²) in [6.45, 7) is 1.99. The smallest absolute Gasteiger partial charge is 0.272 e. The molecule has 1 saturated carbocycles. The van der Waals surface area contributed by atoms with Crippen LogP contribution in [0.4, 0.5) is 0 Å². The van der Waals surface area contributed by atoms with Gasteiger partial charge in [-0.3, -0.25) is 9.89 Å². The van der Waals surface area contributed by atoms with Gasteiger partial charge in [-0.25, -0.2) is 0 Å². The van der Waals surface area contributed by atoms with Gasteiger partial charge in [0.1, 0.15) is 0 Å². The Hall–Kier alpha value is -1.88. The number of aromatic amines is 1. The molecule has 0 spiro atoms. The van der Waals surface area contributed by atoms with Gasteiger partial charge in [0.2, 0.25) is 0 Å². The molecule has 1 heterocycles. The minimum Gasteiger partial charge on any atom is -0.391 e. The number of nitrogens with zero attached hydrogens (tertiary/aromatic N) is 1. The molecule has 5 heteroatoms. The molecule has 5 nitrogen and oxygen atoms in total. The maximum Gasteiger partial charge on any atom is 0.272 e. The molecule has 0 aliphatic heterocycles. The predicted molar refractivity (Wildman–Crippen MR) is 76.6 cm³/mol. The van der Waals surface area contributed by atoms with Crippen LogP contribution >= 0.6 is 0 Å². The molecule has 1 amide bonds. The molecule has 3 N–H and O–H groups in total. The SMILES string of the molecule is Cc1ccc2[nH]nc(C(=O)NC3CCCCC3O)c2c1. The molecule has 2 aromatic rings. The van der Waals surface area contributed by atoms with Crippen LogP contribution < -0.4 is 5.32 Å². The molecule has 0 radical (unpaired) electrons. The highest BCUT2D eigenvalue weighted by Crippen LogP contribution is 2.21.